The number of ether oxygens (including phenoxy) is 1. The van der Waals surface area contributed by atoms with Crippen LogP contribution in [0.25, 0.3) is 0 Å². The highest BCUT2D eigenvalue weighted by molar-refractivity contribution is 6.09. The molecule has 25 heavy (non-hydrogen) atoms. The molecule has 0 saturated heterocycles. The number of nitrogens with zero attached hydrogens (tertiary/aromatic N) is 1. The minimum absolute atomic E-state index is 0.0607. The quantitative estimate of drug-likeness (QED) is 0.463. The van der Waals surface area contributed by atoms with Gasteiger partial charge in [0.05, 0.1) is 6.61 Å². The molecular weight excluding hydrogens is 310 g/mol. The molecule has 2 rings (SSSR count). The zero-order valence-corrected chi connectivity index (χ0v) is 15.6. The molecule has 0 aliphatic heterocycles. The molecule has 3 nitrogen and oxygen atoms in total. The minimum atomic E-state index is 0.0607. The van der Waals surface area contributed by atoms with Crippen molar-refractivity contribution in [3.63, 3.8) is 0 Å². The smallest absolute Gasteiger partial charge is 0.193 e. The lowest BCUT2D eigenvalue weighted by molar-refractivity contribution is 0.103. The van der Waals surface area contributed by atoms with Crippen molar-refractivity contribution >= 4 is 5.78 Å². The van der Waals surface area contributed by atoms with Gasteiger partial charge in [0.2, 0.25) is 0 Å². The van der Waals surface area contributed by atoms with Crippen LogP contribution in [0.1, 0.15) is 47.2 Å². The Morgan fingerprint density at radius 1 is 0.960 bits per heavy atom. The predicted molar refractivity (Wildman–Crippen MR) is 104 cm³/mol. The lowest BCUT2D eigenvalue weighted by atomic mass is 9.99. The Labute approximate surface area is 151 Å². The summed E-state index contributed by atoms with van der Waals surface area (Å²) in [5, 5.41) is 0. The lowest BCUT2D eigenvalue weighted by Gasteiger charge is -2.11. The van der Waals surface area contributed by atoms with E-state index in [0.717, 1.165) is 42.0 Å². The second-order valence-corrected chi connectivity index (χ2v) is 6.74. The zero-order chi connectivity index (χ0) is 18.1. The maximum Gasteiger partial charge on any atom is 0.193 e. The molecule has 2 aromatic rings. The number of hydrogen-bond acceptors (Lipinski definition) is 3. The molecule has 0 amide bonds. The van der Waals surface area contributed by atoms with Crippen molar-refractivity contribution in [2.24, 2.45) is 0 Å². The van der Waals surface area contributed by atoms with Crippen molar-refractivity contribution in [2.75, 3.05) is 27.2 Å². The summed E-state index contributed by atoms with van der Waals surface area (Å²) in [6.07, 6.45) is 4.74. The van der Waals surface area contributed by atoms with Gasteiger partial charge in [0.25, 0.3) is 0 Å². The van der Waals surface area contributed by atoms with Gasteiger partial charge < -0.3 is 9.64 Å². The maximum absolute atomic E-state index is 12.5. The first-order chi connectivity index (χ1) is 12.1. The number of ketones is 1. The summed E-state index contributed by atoms with van der Waals surface area (Å²) >= 11 is 0. The summed E-state index contributed by atoms with van der Waals surface area (Å²) in [7, 11) is 4.22. The predicted octanol–water partition coefficient (Wildman–Crippen LogP) is 4.73. The van der Waals surface area contributed by atoms with Crippen LogP contribution in [-0.2, 0) is 0 Å². The second kappa shape index (κ2) is 10.00. The molecule has 2 aromatic carbocycles. The van der Waals surface area contributed by atoms with Gasteiger partial charge in [-0.15, -0.1) is 0 Å². The first-order valence-corrected chi connectivity index (χ1v) is 9.06. The Hall–Kier alpha value is -2.13. The SMILES string of the molecule is Cc1cc(OCCCCCCN(C)C)ccc1C(=O)c1ccccc1. The third-order valence-corrected chi connectivity index (χ3v) is 4.25. The van der Waals surface area contributed by atoms with Gasteiger partial charge in [0, 0.05) is 11.1 Å². The van der Waals surface area contributed by atoms with E-state index in [-0.39, 0.29) is 5.78 Å². The summed E-state index contributed by atoms with van der Waals surface area (Å²) in [6.45, 7) is 3.84. The van der Waals surface area contributed by atoms with E-state index in [1.54, 1.807) is 0 Å². The largest absolute Gasteiger partial charge is 0.494 e. The normalized spacial score (nSPS) is 10.9. The van der Waals surface area contributed by atoms with Crippen LogP contribution in [0, 0.1) is 6.92 Å². The summed E-state index contributed by atoms with van der Waals surface area (Å²) in [5.41, 5.74) is 2.41. The Balaban J connectivity index is 1.80. The number of hydrogen-bond donors (Lipinski definition) is 0. The van der Waals surface area contributed by atoms with Gasteiger partial charge in [-0.2, -0.15) is 0 Å². The molecule has 0 N–H and O–H groups in total. The fourth-order valence-corrected chi connectivity index (χ4v) is 2.80. The van der Waals surface area contributed by atoms with E-state index in [9.17, 15) is 4.79 Å². The highest BCUT2D eigenvalue weighted by Crippen LogP contribution is 2.20. The molecule has 0 unspecified atom stereocenters. The molecule has 0 aromatic heterocycles. The van der Waals surface area contributed by atoms with Crippen LogP contribution >= 0.6 is 0 Å². The highest BCUT2D eigenvalue weighted by atomic mass is 16.5. The van der Waals surface area contributed by atoms with E-state index >= 15 is 0 Å². The van der Waals surface area contributed by atoms with Crippen LogP contribution in [0.2, 0.25) is 0 Å². The Morgan fingerprint density at radius 2 is 1.68 bits per heavy atom. The third-order valence-electron chi connectivity index (χ3n) is 4.25. The highest BCUT2D eigenvalue weighted by Gasteiger charge is 2.11. The second-order valence-electron chi connectivity index (χ2n) is 6.74. The van der Waals surface area contributed by atoms with E-state index in [0.29, 0.717) is 0 Å². The van der Waals surface area contributed by atoms with Gasteiger partial charge in [0.1, 0.15) is 5.75 Å². The van der Waals surface area contributed by atoms with Crippen molar-refractivity contribution in [2.45, 2.75) is 32.6 Å². The molecule has 0 fully saturated rings. The fourth-order valence-electron chi connectivity index (χ4n) is 2.80. The van der Waals surface area contributed by atoms with Gasteiger partial charge in [0.15, 0.2) is 5.78 Å². The monoisotopic (exact) mass is 339 g/mol. The summed E-state index contributed by atoms with van der Waals surface area (Å²) in [6, 6.07) is 15.1. The Kier molecular flexibility index (Phi) is 7.68. The first-order valence-electron chi connectivity index (χ1n) is 9.06. The van der Waals surface area contributed by atoms with Gasteiger partial charge in [-0.1, -0.05) is 43.2 Å². The van der Waals surface area contributed by atoms with E-state index < -0.39 is 0 Å². The van der Waals surface area contributed by atoms with Crippen molar-refractivity contribution in [3.8, 4) is 5.75 Å². The minimum Gasteiger partial charge on any atom is -0.494 e. The van der Waals surface area contributed by atoms with Crippen LogP contribution in [0.4, 0.5) is 0 Å². The van der Waals surface area contributed by atoms with Crippen LogP contribution in [-0.4, -0.2) is 37.9 Å². The Bertz CT molecular complexity index is 665. The summed E-state index contributed by atoms with van der Waals surface area (Å²) in [5.74, 6) is 0.904. The average Bonchev–Trinajstić information content (AvgIpc) is 2.61. The molecule has 0 radical (unpaired) electrons. The average molecular weight is 339 g/mol. The molecule has 0 heterocycles. The number of unbranched alkanes of at least 4 members (excludes halogenated alkanes) is 3. The number of rotatable bonds is 10. The molecule has 3 heteroatoms. The first kappa shape index (κ1) is 19.2. The van der Waals surface area contributed by atoms with Gasteiger partial charge in [-0.25, -0.2) is 0 Å². The van der Waals surface area contributed by atoms with Crippen molar-refractivity contribution in [1.82, 2.24) is 4.90 Å². The van der Waals surface area contributed by atoms with E-state index in [1.165, 1.54) is 19.3 Å². The van der Waals surface area contributed by atoms with Crippen molar-refractivity contribution < 1.29 is 9.53 Å². The summed E-state index contributed by atoms with van der Waals surface area (Å²) < 4.78 is 5.83. The van der Waals surface area contributed by atoms with E-state index in [4.69, 9.17) is 4.74 Å². The van der Waals surface area contributed by atoms with Crippen LogP contribution in [0.5, 0.6) is 5.75 Å². The third kappa shape index (κ3) is 6.35. The number of benzene rings is 2. The summed E-state index contributed by atoms with van der Waals surface area (Å²) in [4.78, 5) is 14.8. The van der Waals surface area contributed by atoms with E-state index in [1.807, 2.05) is 55.5 Å². The van der Waals surface area contributed by atoms with Gasteiger partial charge in [-0.05, 0) is 64.2 Å². The number of carbonyl (C=O) groups excluding carboxylic acids is 1. The number of aryl methyl sites for hydroxylation is 1. The van der Waals surface area contributed by atoms with Crippen LogP contribution in [0.15, 0.2) is 48.5 Å². The van der Waals surface area contributed by atoms with Gasteiger partial charge in [-0.3, -0.25) is 4.79 Å². The molecule has 0 bridgehead atoms. The Morgan fingerprint density at radius 3 is 2.36 bits per heavy atom. The molecule has 0 atom stereocenters. The van der Waals surface area contributed by atoms with Crippen LogP contribution in [0.3, 0.4) is 0 Å². The molecule has 0 aliphatic rings. The molecule has 134 valence electrons. The van der Waals surface area contributed by atoms with Crippen molar-refractivity contribution in [3.05, 3.63) is 65.2 Å². The zero-order valence-electron chi connectivity index (χ0n) is 15.6. The number of carbonyl (C=O) groups is 1. The molecule has 0 aliphatic carbocycles. The fraction of sp³-hybridized carbons (Fsp3) is 0.409. The standard InChI is InChI=1S/C22H29NO2/c1-18-17-20(25-16-10-5-4-9-15-23(2)3)13-14-21(18)22(24)19-11-7-6-8-12-19/h6-8,11-14,17H,4-5,9-10,15-16H2,1-3H3. The van der Waals surface area contributed by atoms with Gasteiger partial charge >= 0.3 is 0 Å². The molecule has 0 saturated carbocycles. The van der Waals surface area contributed by atoms with Crippen LogP contribution < -0.4 is 4.74 Å². The maximum atomic E-state index is 12.5. The molecular formula is C22H29NO2. The lowest BCUT2D eigenvalue weighted by Crippen LogP contribution is -2.12. The van der Waals surface area contributed by atoms with E-state index in [2.05, 4.69) is 19.0 Å². The topological polar surface area (TPSA) is 29.5 Å². The van der Waals surface area contributed by atoms with Crippen molar-refractivity contribution in [1.29, 1.82) is 0 Å². The molecule has 0 spiro atoms.